The van der Waals surface area contributed by atoms with Gasteiger partial charge in [0.1, 0.15) is 5.60 Å². The number of hydrogen-bond acceptors (Lipinski definition) is 4. The minimum atomic E-state index is -4.64. The second-order valence-electron chi connectivity index (χ2n) is 6.65. The van der Waals surface area contributed by atoms with E-state index in [1.54, 1.807) is 25.7 Å². The van der Waals surface area contributed by atoms with Crippen molar-refractivity contribution in [3.05, 3.63) is 0 Å². The summed E-state index contributed by atoms with van der Waals surface area (Å²) in [6, 6.07) is 0. The van der Waals surface area contributed by atoms with Crippen LogP contribution >= 0.6 is 0 Å². The van der Waals surface area contributed by atoms with E-state index in [-0.39, 0.29) is 12.7 Å². The van der Waals surface area contributed by atoms with Crippen LogP contribution in [0.2, 0.25) is 0 Å². The molecule has 0 aromatic heterocycles. The molecule has 0 saturated carbocycles. The number of carbonyl (C=O) groups is 1. The van der Waals surface area contributed by atoms with E-state index in [0.717, 1.165) is 0 Å². The van der Waals surface area contributed by atoms with Gasteiger partial charge in [0.15, 0.2) is 0 Å². The SMILES string of the molecule is CCC1(OCCOC(F)(F)F)CCN(C(=O)OC(C)(C)C)CC1. The molecule has 1 aliphatic rings. The smallest absolute Gasteiger partial charge is 0.444 e. The summed E-state index contributed by atoms with van der Waals surface area (Å²) in [7, 11) is 0. The molecule has 0 N–H and O–H groups in total. The van der Waals surface area contributed by atoms with Gasteiger partial charge in [-0.05, 0) is 40.0 Å². The van der Waals surface area contributed by atoms with Crippen LogP contribution in [0.15, 0.2) is 0 Å². The van der Waals surface area contributed by atoms with E-state index >= 15 is 0 Å². The van der Waals surface area contributed by atoms with Gasteiger partial charge in [0, 0.05) is 13.1 Å². The number of hydrogen-bond donors (Lipinski definition) is 0. The zero-order chi connectivity index (χ0) is 17.7. The predicted molar refractivity (Wildman–Crippen MR) is 78.0 cm³/mol. The third kappa shape index (κ3) is 7.39. The van der Waals surface area contributed by atoms with Crippen LogP contribution in [0, 0.1) is 0 Å². The van der Waals surface area contributed by atoms with Crippen LogP contribution in [-0.4, -0.2) is 54.9 Å². The highest BCUT2D eigenvalue weighted by Gasteiger charge is 2.37. The summed E-state index contributed by atoms with van der Waals surface area (Å²) in [5.41, 5.74) is -1.06. The Morgan fingerprint density at radius 3 is 2.13 bits per heavy atom. The molecule has 0 aromatic carbocycles. The maximum Gasteiger partial charge on any atom is 0.522 e. The molecule has 0 spiro atoms. The third-order valence-electron chi connectivity index (χ3n) is 3.73. The summed E-state index contributed by atoms with van der Waals surface area (Å²) in [6.45, 7) is 7.60. The topological polar surface area (TPSA) is 48.0 Å². The molecule has 8 heteroatoms. The van der Waals surface area contributed by atoms with Gasteiger partial charge in [-0.2, -0.15) is 0 Å². The van der Waals surface area contributed by atoms with Gasteiger partial charge in [-0.25, -0.2) is 4.79 Å². The normalized spacial score (nSPS) is 18.8. The third-order valence-corrected chi connectivity index (χ3v) is 3.73. The molecule has 0 aliphatic carbocycles. The lowest BCUT2D eigenvalue weighted by atomic mass is 9.88. The second-order valence-corrected chi connectivity index (χ2v) is 6.65. The summed E-state index contributed by atoms with van der Waals surface area (Å²) in [4.78, 5) is 13.6. The Morgan fingerprint density at radius 1 is 1.13 bits per heavy atom. The molecular weight excluding hydrogens is 315 g/mol. The number of amides is 1. The van der Waals surface area contributed by atoms with Crippen molar-refractivity contribution in [2.45, 2.75) is 64.5 Å². The van der Waals surface area contributed by atoms with Crippen molar-refractivity contribution >= 4 is 6.09 Å². The van der Waals surface area contributed by atoms with Crippen LogP contribution in [0.5, 0.6) is 0 Å². The van der Waals surface area contributed by atoms with Gasteiger partial charge in [-0.15, -0.1) is 13.2 Å². The molecule has 0 radical (unpaired) electrons. The second kappa shape index (κ2) is 7.70. The highest BCUT2D eigenvalue weighted by molar-refractivity contribution is 5.68. The molecule has 136 valence electrons. The van der Waals surface area contributed by atoms with Gasteiger partial charge in [0.2, 0.25) is 0 Å². The fraction of sp³-hybridized carbons (Fsp3) is 0.933. The Morgan fingerprint density at radius 2 is 1.70 bits per heavy atom. The first-order valence-electron chi connectivity index (χ1n) is 7.79. The van der Waals surface area contributed by atoms with E-state index in [9.17, 15) is 18.0 Å². The van der Waals surface area contributed by atoms with E-state index in [0.29, 0.717) is 32.4 Å². The van der Waals surface area contributed by atoms with Gasteiger partial charge in [0.05, 0.1) is 18.8 Å². The Bertz CT molecular complexity index is 385. The van der Waals surface area contributed by atoms with Crippen LogP contribution in [0.25, 0.3) is 0 Å². The summed E-state index contributed by atoms with van der Waals surface area (Å²) in [5, 5.41) is 0. The van der Waals surface area contributed by atoms with Crippen LogP contribution in [-0.2, 0) is 14.2 Å². The lowest BCUT2D eigenvalue weighted by molar-refractivity contribution is -0.329. The first kappa shape index (κ1) is 20.0. The summed E-state index contributed by atoms with van der Waals surface area (Å²) < 4.78 is 50.5. The molecular formula is C15H26F3NO4. The molecule has 1 rings (SSSR count). The Kier molecular flexibility index (Phi) is 6.70. The zero-order valence-electron chi connectivity index (χ0n) is 14.2. The lowest BCUT2D eigenvalue weighted by Gasteiger charge is -2.41. The van der Waals surface area contributed by atoms with Gasteiger partial charge in [0.25, 0.3) is 0 Å². The van der Waals surface area contributed by atoms with E-state index in [2.05, 4.69) is 4.74 Å². The Hall–Kier alpha value is -1.02. The number of piperidine rings is 1. The number of nitrogens with zero attached hydrogens (tertiary/aromatic N) is 1. The first-order chi connectivity index (χ1) is 10.5. The van der Waals surface area contributed by atoms with Crippen molar-refractivity contribution in [2.75, 3.05) is 26.3 Å². The van der Waals surface area contributed by atoms with E-state index in [4.69, 9.17) is 9.47 Å². The Balaban J connectivity index is 2.42. The van der Waals surface area contributed by atoms with Crippen LogP contribution in [0.3, 0.4) is 0 Å². The first-order valence-corrected chi connectivity index (χ1v) is 7.79. The van der Waals surface area contributed by atoms with Crippen molar-refractivity contribution in [1.29, 1.82) is 0 Å². The highest BCUT2D eigenvalue weighted by atomic mass is 19.4. The number of carbonyl (C=O) groups excluding carboxylic acids is 1. The number of ether oxygens (including phenoxy) is 3. The number of likely N-dealkylation sites (tertiary alicyclic amines) is 1. The van der Waals surface area contributed by atoms with Crippen molar-refractivity contribution in [3.8, 4) is 0 Å². The van der Waals surface area contributed by atoms with E-state index < -0.39 is 24.2 Å². The average Bonchev–Trinajstić information content (AvgIpc) is 2.41. The fourth-order valence-corrected chi connectivity index (χ4v) is 2.44. The van der Waals surface area contributed by atoms with E-state index in [1.807, 2.05) is 6.92 Å². The quantitative estimate of drug-likeness (QED) is 0.715. The van der Waals surface area contributed by atoms with Crippen molar-refractivity contribution < 1.29 is 32.2 Å². The van der Waals surface area contributed by atoms with Crippen LogP contribution in [0.1, 0.15) is 47.0 Å². The van der Waals surface area contributed by atoms with Crippen molar-refractivity contribution in [3.63, 3.8) is 0 Å². The standard InChI is InChI=1S/C15H26F3NO4/c1-5-14(21-10-11-22-15(16,17)18)6-8-19(9-7-14)12(20)23-13(2,3)4/h5-11H2,1-4H3. The van der Waals surface area contributed by atoms with Crippen LogP contribution < -0.4 is 0 Å². The number of rotatable bonds is 5. The fourth-order valence-electron chi connectivity index (χ4n) is 2.44. The van der Waals surface area contributed by atoms with Crippen LogP contribution in [0.4, 0.5) is 18.0 Å². The van der Waals surface area contributed by atoms with Gasteiger partial charge < -0.3 is 14.4 Å². The number of halogens is 3. The van der Waals surface area contributed by atoms with Gasteiger partial charge >= 0.3 is 12.5 Å². The highest BCUT2D eigenvalue weighted by Crippen LogP contribution is 2.30. The molecule has 1 saturated heterocycles. The molecule has 1 amide bonds. The molecule has 23 heavy (non-hydrogen) atoms. The molecule has 1 aliphatic heterocycles. The molecule has 0 bridgehead atoms. The predicted octanol–water partition coefficient (Wildman–Crippen LogP) is 3.72. The molecule has 5 nitrogen and oxygen atoms in total. The van der Waals surface area contributed by atoms with Crippen molar-refractivity contribution in [2.24, 2.45) is 0 Å². The maximum atomic E-state index is 12.0. The lowest BCUT2D eigenvalue weighted by Crippen LogP contribution is -2.49. The number of alkyl halides is 3. The summed E-state index contributed by atoms with van der Waals surface area (Å²) >= 11 is 0. The molecule has 0 unspecified atom stereocenters. The molecule has 1 heterocycles. The molecule has 0 aromatic rings. The minimum Gasteiger partial charge on any atom is -0.444 e. The van der Waals surface area contributed by atoms with Gasteiger partial charge in [-0.1, -0.05) is 6.92 Å². The monoisotopic (exact) mass is 341 g/mol. The zero-order valence-corrected chi connectivity index (χ0v) is 14.2. The Labute approximate surface area is 135 Å². The largest absolute Gasteiger partial charge is 0.522 e. The molecule has 0 atom stereocenters. The maximum absolute atomic E-state index is 12.0. The summed E-state index contributed by atoms with van der Waals surface area (Å²) in [6.07, 6.45) is -3.21. The van der Waals surface area contributed by atoms with Crippen molar-refractivity contribution in [1.82, 2.24) is 4.90 Å². The molecule has 1 fully saturated rings. The summed E-state index contributed by atoms with van der Waals surface area (Å²) in [5.74, 6) is 0. The minimum absolute atomic E-state index is 0.125. The van der Waals surface area contributed by atoms with E-state index in [1.165, 1.54) is 0 Å². The average molecular weight is 341 g/mol. The van der Waals surface area contributed by atoms with Gasteiger partial charge in [-0.3, -0.25) is 4.74 Å².